The van der Waals surface area contributed by atoms with E-state index in [2.05, 4.69) is 29.0 Å². The number of morpholine rings is 1. The van der Waals surface area contributed by atoms with E-state index in [-0.39, 0.29) is 6.10 Å². The highest BCUT2D eigenvalue weighted by Gasteiger charge is 2.19. The molecule has 18 heavy (non-hydrogen) atoms. The number of nitrogens with zero attached hydrogens (tertiary/aromatic N) is 2. The first kappa shape index (κ1) is 14.0. The zero-order valence-electron chi connectivity index (χ0n) is 11.4. The lowest BCUT2D eigenvalue weighted by Crippen LogP contribution is -2.45. The van der Waals surface area contributed by atoms with E-state index in [9.17, 15) is 5.11 Å². The highest BCUT2D eigenvalue weighted by atomic mass is 16.5. The van der Waals surface area contributed by atoms with Crippen molar-refractivity contribution < 1.29 is 9.84 Å². The van der Waals surface area contributed by atoms with Gasteiger partial charge in [-0.3, -0.25) is 9.80 Å². The summed E-state index contributed by atoms with van der Waals surface area (Å²) in [6, 6.07) is 0.512. The van der Waals surface area contributed by atoms with Gasteiger partial charge in [0.2, 0.25) is 0 Å². The Kier molecular flexibility index (Phi) is 5.63. The fourth-order valence-corrected chi connectivity index (χ4v) is 2.77. The lowest BCUT2D eigenvalue weighted by Gasteiger charge is -2.32. The second kappa shape index (κ2) is 7.24. The first-order valence-electron chi connectivity index (χ1n) is 7.11. The van der Waals surface area contributed by atoms with E-state index in [1.165, 1.54) is 19.3 Å². The topological polar surface area (TPSA) is 35.9 Å². The minimum Gasteiger partial charge on any atom is -0.390 e. The summed E-state index contributed by atoms with van der Waals surface area (Å²) in [7, 11) is 2.11. The van der Waals surface area contributed by atoms with Crippen molar-refractivity contribution in [2.75, 3.05) is 46.4 Å². The molecule has 2 aliphatic rings. The lowest BCUT2D eigenvalue weighted by molar-refractivity contribution is 0.00678. The summed E-state index contributed by atoms with van der Waals surface area (Å²) >= 11 is 0. The maximum Gasteiger partial charge on any atom is 0.0793 e. The number of rotatable bonds is 5. The molecule has 0 radical (unpaired) electrons. The molecule has 1 fully saturated rings. The summed E-state index contributed by atoms with van der Waals surface area (Å²) in [5, 5.41) is 10.2. The van der Waals surface area contributed by atoms with Crippen LogP contribution in [0.25, 0.3) is 0 Å². The molecule has 0 spiro atoms. The Balaban J connectivity index is 1.70. The van der Waals surface area contributed by atoms with Crippen LogP contribution < -0.4 is 0 Å². The van der Waals surface area contributed by atoms with Gasteiger partial charge in [0.05, 0.1) is 19.3 Å². The van der Waals surface area contributed by atoms with E-state index in [1.54, 1.807) is 0 Å². The molecule has 0 aromatic rings. The van der Waals surface area contributed by atoms with Gasteiger partial charge >= 0.3 is 0 Å². The Morgan fingerprint density at radius 3 is 2.89 bits per heavy atom. The molecule has 104 valence electrons. The van der Waals surface area contributed by atoms with Crippen molar-refractivity contribution in [1.29, 1.82) is 0 Å². The molecule has 1 saturated heterocycles. The fourth-order valence-electron chi connectivity index (χ4n) is 2.77. The third-order valence-electron chi connectivity index (χ3n) is 3.87. The minimum atomic E-state index is -0.261. The van der Waals surface area contributed by atoms with Crippen LogP contribution in [0.3, 0.4) is 0 Å². The summed E-state index contributed by atoms with van der Waals surface area (Å²) in [6.07, 6.45) is 7.98. The third-order valence-corrected chi connectivity index (χ3v) is 3.87. The molecule has 4 heteroatoms. The number of aliphatic hydroxyl groups excluding tert-OH is 1. The third kappa shape index (κ3) is 4.35. The van der Waals surface area contributed by atoms with Crippen molar-refractivity contribution in [3.05, 3.63) is 12.2 Å². The van der Waals surface area contributed by atoms with Crippen molar-refractivity contribution >= 4 is 0 Å². The Morgan fingerprint density at radius 1 is 1.44 bits per heavy atom. The monoisotopic (exact) mass is 254 g/mol. The Labute approximate surface area is 110 Å². The first-order valence-corrected chi connectivity index (χ1v) is 7.11. The zero-order chi connectivity index (χ0) is 12.8. The predicted octanol–water partition coefficient (Wildman–Crippen LogP) is 0.720. The van der Waals surface area contributed by atoms with Gasteiger partial charge in [0, 0.05) is 32.2 Å². The molecule has 4 nitrogen and oxygen atoms in total. The first-order chi connectivity index (χ1) is 8.75. The molecule has 0 amide bonds. The van der Waals surface area contributed by atoms with Crippen LogP contribution in [-0.2, 0) is 4.74 Å². The van der Waals surface area contributed by atoms with Crippen molar-refractivity contribution in [1.82, 2.24) is 9.80 Å². The lowest BCUT2D eigenvalue weighted by atomic mass is 10.0. The van der Waals surface area contributed by atoms with Gasteiger partial charge < -0.3 is 9.84 Å². The number of hydrogen-bond acceptors (Lipinski definition) is 4. The quantitative estimate of drug-likeness (QED) is 0.733. The largest absolute Gasteiger partial charge is 0.390 e. The van der Waals surface area contributed by atoms with Crippen LogP contribution in [-0.4, -0.2) is 73.5 Å². The van der Waals surface area contributed by atoms with Crippen LogP contribution in [0.5, 0.6) is 0 Å². The zero-order valence-corrected chi connectivity index (χ0v) is 11.4. The maximum atomic E-state index is 10.2. The summed E-state index contributed by atoms with van der Waals surface area (Å²) in [4.78, 5) is 4.57. The van der Waals surface area contributed by atoms with Gasteiger partial charge in [-0.05, 0) is 26.3 Å². The van der Waals surface area contributed by atoms with Crippen molar-refractivity contribution in [3.8, 4) is 0 Å². The summed E-state index contributed by atoms with van der Waals surface area (Å²) < 4.78 is 5.31. The number of hydrogen-bond donors (Lipinski definition) is 1. The SMILES string of the molecule is CN(C[C@@H](O)CN1CCOCC1)[C@@H]1C=CCCC1. The van der Waals surface area contributed by atoms with E-state index < -0.39 is 0 Å². The average Bonchev–Trinajstić information content (AvgIpc) is 2.40. The Bertz CT molecular complexity index is 265. The van der Waals surface area contributed by atoms with E-state index in [4.69, 9.17) is 4.74 Å². The molecular weight excluding hydrogens is 228 g/mol. The predicted molar refractivity (Wildman–Crippen MR) is 72.7 cm³/mol. The standard InChI is InChI=1S/C14H26N2O2/c1-15(13-5-3-2-4-6-13)11-14(17)12-16-7-9-18-10-8-16/h3,5,13-14,17H,2,4,6-12H2,1H3/t13-,14-/m1/s1. The Hall–Kier alpha value is -0.420. The molecule has 1 aliphatic carbocycles. The fraction of sp³-hybridized carbons (Fsp3) is 0.857. The van der Waals surface area contributed by atoms with Crippen LogP contribution in [0.4, 0.5) is 0 Å². The van der Waals surface area contributed by atoms with Crippen LogP contribution in [0.15, 0.2) is 12.2 Å². The molecular formula is C14H26N2O2. The maximum absolute atomic E-state index is 10.2. The number of ether oxygens (including phenoxy) is 1. The van der Waals surface area contributed by atoms with Gasteiger partial charge in [-0.2, -0.15) is 0 Å². The van der Waals surface area contributed by atoms with Gasteiger partial charge in [0.1, 0.15) is 0 Å². The highest BCUT2D eigenvalue weighted by Crippen LogP contribution is 2.15. The van der Waals surface area contributed by atoms with Gasteiger partial charge in [-0.25, -0.2) is 0 Å². The van der Waals surface area contributed by atoms with Crippen LogP contribution in [0.1, 0.15) is 19.3 Å². The van der Waals surface area contributed by atoms with Gasteiger partial charge in [-0.15, -0.1) is 0 Å². The normalized spacial score (nSPS) is 27.6. The molecule has 0 aromatic heterocycles. The number of β-amino-alcohol motifs (C(OH)–C–C–N with tert-alkyl or cyclic N) is 1. The summed E-state index contributed by atoms with van der Waals surface area (Å²) in [6.45, 7) is 5.02. The minimum absolute atomic E-state index is 0.261. The van der Waals surface area contributed by atoms with Crippen LogP contribution in [0, 0.1) is 0 Å². The average molecular weight is 254 g/mol. The highest BCUT2D eigenvalue weighted by molar-refractivity contribution is 4.98. The molecule has 1 N–H and O–H groups in total. The molecule has 0 saturated carbocycles. The molecule has 0 aromatic carbocycles. The second-order valence-corrected chi connectivity index (χ2v) is 5.43. The van der Waals surface area contributed by atoms with Crippen molar-refractivity contribution in [2.24, 2.45) is 0 Å². The van der Waals surface area contributed by atoms with Gasteiger partial charge in [0.15, 0.2) is 0 Å². The van der Waals surface area contributed by atoms with Gasteiger partial charge in [0.25, 0.3) is 0 Å². The Morgan fingerprint density at radius 2 is 2.22 bits per heavy atom. The van der Waals surface area contributed by atoms with E-state index in [0.29, 0.717) is 6.04 Å². The van der Waals surface area contributed by atoms with E-state index >= 15 is 0 Å². The molecule has 1 aliphatic heterocycles. The van der Waals surface area contributed by atoms with Gasteiger partial charge in [-0.1, -0.05) is 12.2 Å². The molecule has 0 bridgehead atoms. The van der Waals surface area contributed by atoms with Crippen molar-refractivity contribution in [2.45, 2.75) is 31.4 Å². The summed E-state index contributed by atoms with van der Waals surface area (Å²) in [5.41, 5.74) is 0. The number of aliphatic hydroxyl groups is 1. The van der Waals surface area contributed by atoms with Crippen molar-refractivity contribution in [3.63, 3.8) is 0 Å². The van der Waals surface area contributed by atoms with E-state index in [1.807, 2.05) is 0 Å². The van der Waals surface area contributed by atoms with E-state index in [0.717, 1.165) is 39.4 Å². The molecule has 1 heterocycles. The second-order valence-electron chi connectivity index (χ2n) is 5.43. The molecule has 0 unspecified atom stereocenters. The van der Waals surface area contributed by atoms with Crippen LogP contribution in [0.2, 0.25) is 0 Å². The molecule has 2 atom stereocenters. The molecule has 2 rings (SSSR count). The summed E-state index contributed by atoms with van der Waals surface area (Å²) in [5.74, 6) is 0. The van der Waals surface area contributed by atoms with Crippen LogP contribution >= 0.6 is 0 Å². The smallest absolute Gasteiger partial charge is 0.0793 e. The number of allylic oxidation sites excluding steroid dienone is 1. The number of likely N-dealkylation sites (N-methyl/N-ethyl adjacent to an activating group) is 1.